The minimum atomic E-state index is 0.0370. The van der Waals surface area contributed by atoms with Crippen LogP contribution in [0.25, 0.3) is 0 Å². The highest BCUT2D eigenvalue weighted by molar-refractivity contribution is 5.92. The summed E-state index contributed by atoms with van der Waals surface area (Å²) in [5, 5.41) is 0. The molecular weight excluding hydrogens is 456 g/mol. The van der Waals surface area contributed by atoms with Gasteiger partial charge in [0.15, 0.2) is 0 Å². The first-order valence-electron chi connectivity index (χ1n) is 14.0. The second-order valence-corrected chi connectivity index (χ2v) is 10.1. The quantitative estimate of drug-likeness (QED) is 0.409. The lowest BCUT2D eigenvalue weighted by atomic mass is 10.0. The molecule has 0 N–H and O–H groups in total. The Hall–Kier alpha value is -3.02. The molecule has 1 unspecified atom stereocenters. The Labute approximate surface area is 223 Å². The summed E-state index contributed by atoms with van der Waals surface area (Å²) in [6.45, 7) is 9.24. The average molecular weight is 499 g/mol. The molecule has 196 valence electrons. The van der Waals surface area contributed by atoms with Crippen molar-refractivity contribution in [3.05, 3.63) is 102 Å². The van der Waals surface area contributed by atoms with E-state index in [9.17, 15) is 4.79 Å². The Balaban J connectivity index is 0.000000180. The molecule has 0 saturated carbocycles. The molecule has 2 aliphatic heterocycles. The van der Waals surface area contributed by atoms with E-state index in [0.29, 0.717) is 5.69 Å². The molecule has 5 nitrogen and oxygen atoms in total. The number of nitrogens with zero attached hydrogens (tertiary/aromatic N) is 4. The summed E-state index contributed by atoms with van der Waals surface area (Å²) >= 11 is 0. The molecule has 1 amide bonds. The van der Waals surface area contributed by atoms with Gasteiger partial charge in [0.1, 0.15) is 5.69 Å². The topological polar surface area (TPSA) is 39.7 Å². The predicted octanol–water partition coefficient (Wildman–Crippen LogP) is 5.53. The predicted molar refractivity (Wildman–Crippen MR) is 152 cm³/mol. The van der Waals surface area contributed by atoms with E-state index in [-0.39, 0.29) is 5.91 Å². The smallest absolute Gasteiger partial charge is 0.272 e. The Morgan fingerprint density at radius 2 is 1.41 bits per heavy atom. The first kappa shape index (κ1) is 27.0. The molecule has 0 bridgehead atoms. The van der Waals surface area contributed by atoms with Crippen LogP contribution >= 0.6 is 0 Å². The molecular formula is C32H42N4O. The molecule has 2 saturated heterocycles. The van der Waals surface area contributed by atoms with E-state index in [1.54, 1.807) is 12.3 Å². The molecule has 5 heteroatoms. The summed E-state index contributed by atoms with van der Waals surface area (Å²) in [5.41, 5.74) is 3.35. The largest absolute Gasteiger partial charge is 0.335 e. The lowest BCUT2D eigenvalue weighted by molar-refractivity contribution is 0.0622. The Morgan fingerprint density at radius 1 is 0.784 bits per heavy atom. The van der Waals surface area contributed by atoms with Gasteiger partial charge < -0.3 is 9.80 Å². The van der Waals surface area contributed by atoms with Gasteiger partial charge in [0.05, 0.1) is 0 Å². The molecule has 2 aliphatic rings. The van der Waals surface area contributed by atoms with Crippen LogP contribution in [0.2, 0.25) is 0 Å². The zero-order valence-corrected chi connectivity index (χ0v) is 22.3. The minimum absolute atomic E-state index is 0.0370. The van der Waals surface area contributed by atoms with E-state index < -0.39 is 0 Å². The summed E-state index contributed by atoms with van der Waals surface area (Å²) in [6.07, 6.45) is 8.33. The van der Waals surface area contributed by atoms with Gasteiger partial charge in [-0.05, 0) is 62.0 Å². The van der Waals surface area contributed by atoms with Crippen LogP contribution < -0.4 is 0 Å². The van der Waals surface area contributed by atoms with Crippen molar-refractivity contribution in [2.75, 3.05) is 39.3 Å². The van der Waals surface area contributed by atoms with E-state index in [1.807, 2.05) is 23.1 Å². The van der Waals surface area contributed by atoms with E-state index in [1.165, 1.54) is 56.3 Å². The third-order valence-corrected chi connectivity index (χ3v) is 7.39. The zero-order chi connectivity index (χ0) is 25.7. The van der Waals surface area contributed by atoms with Crippen molar-refractivity contribution >= 4 is 5.91 Å². The molecule has 2 fully saturated rings. The molecule has 2 aromatic carbocycles. The van der Waals surface area contributed by atoms with Crippen molar-refractivity contribution in [2.24, 2.45) is 0 Å². The summed E-state index contributed by atoms with van der Waals surface area (Å²) in [5.74, 6) is 0.0370. The van der Waals surface area contributed by atoms with Gasteiger partial charge in [-0.3, -0.25) is 14.7 Å². The lowest BCUT2D eigenvalue weighted by Crippen LogP contribution is -2.48. The second-order valence-electron chi connectivity index (χ2n) is 10.1. The molecule has 3 aromatic rings. The highest BCUT2D eigenvalue weighted by Crippen LogP contribution is 2.19. The van der Waals surface area contributed by atoms with Gasteiger partial charge in [-0.1, -0.05) is 80.1 Å². The number of carbonyl (C=O) groups excluding carboxylic acids is 1. The molecule has 0 radical (unpaired) electrons. The number of aromatic nitrogens is 1. The first-order valence-corrected chi connectivity index (χ1v) is 14.0. The molecule has 0 spiro atoms. The van der Waals surface area contributed by atoms with E-state index in [0.717, 1.165) is 38.8 Å². The van der Waals surface area contributed by atoms with E-state index in [4.69, 9.17) is 0 Å². The summed E-state index contributed by atoms with van der Waals surface area (Å²) < 4.78 is 0. The van der Waals surface area contributed by atoms with Crippen LogP contribution in [-0.2, 0) is 13.0 Å². The number of hydrogen-bond acceptors (Lipinski definition) is 4. The maximum atomic E-state index is 12.3. The van der Waals surface area contributed by atoms with Crippen LogP contribution in [0.5, 0.6) is 0 Å². The first-order chi connectivity index (χ1) is 18.2. The number of likely N-dealkylation sites (tertiary alicyclic amines) is 1. The number of hydrogen-bond donors (Lipinski definition) is 0. The molecule has 5 rings (SSSR count). The molecule has 3 heterocycles. The average Bonchev–Trinajstić information content (AvgIpc) is 3.50. The van der Waals surface area contributed by atoms with Crippen LogP contribution in [0.4, 0.5) is 0 Å². The number of rotatable bonds is 8. The summed E-state index contributed by atoms with van der Waals surface area (Å²) in [7, 11) is 0. The van der Waals surface area contributed by atoms with Gasteiger partial charge in [0.25, 0.3) is 5.91 Å². The molecule has 37 heavy (non-hydrogen) atoms. The highest BCUT2D eigenvalue weighted by Gasteiger charge is 2.23. The number of piperazine rings is 1. The molecule has 1 aromatic heterocycles. The van der Waals surface area contributed by atoms with E-state index >= 15 is 0 Å². The van der Waals surface area contributed by atoms with Crippen LogP contribution in [0.3, 0.4) is 0 Å². The Kier molecular flexibility index (Phi) is 10.7. The van der Waals surface area contributed by atoms with Crippen LogP contribution in [-0.4, -0.2) is 70.9 Å². The zero-order valence-electron chi connectivity index (χ0n) is 22.3. The fourth-order valence-electron chi connectivity index (χ4n) is 5.34. The SMILES string of the molecule is CCCC(Cc1ccccc1)N1CCCC1.O=C(c1ccccn1)N1CCN(Cc2ccccc2)CC1. The van der Waals surface area contributed by atoms with Crippen molar-refractivity contribution < 1.29 is 4.79 Å². The maximum Gasteiger partial charge on any atom is 0.272 e. The minimum Gasteiger partial charge on any atom is -0.335 e. The van der Waals surface area contributed by atoms with Gasteiger partial charge >= 0.3 is 0 Å². The number of pyridine rings is 1. The van der Waals surface area contributed by atoms with Gasteiger partial charge in [-0.15, -0.1) is 0 Å². The number of carbonyl (C=O) groups is 1. The van der Waals surface area contributed by atoms with E-state index in [2.05, 4.69) is 76.3 Å². The van der Waals surface area contributed by atoms with Gasteiger partial charge in [-0.25, -0.2) is 0 Å². The Bertz CT molecular complexity index is 1030. The number of benzene rings is 2. The summed E-state index contributed by atoms with van der Waals surface area (Å²) in [4.78, 5) is 23.4. The summed E-state index contributed by atoms with van der Waals surface area (Å²) in [6, 6.07) is 27.6. The second kappa shape index (κ2) is 14.7. The van der Waals surface area contributed by atoms with Crippen LogP contribution in [0, 0.1) is 0 Å². The molecule has 1 atom stereocenters. The maximum absolute atomic E-state index is 12.3. The lowest BCUT2D eigenvalue weighted by Gasteiger charge is -2.34. The van der Waals surface area contributed by atoms with Crippen molar-refractivity contribution in [1.82, 2.24) is 19.7 Å². The van der Waals surface area contributed by atoms with Gasteiger partial charge in [-0.2, -0.15) is 0 Å². The fraction of sp³-hybridized carbons (Fsp3) is 0.438. The van der Waals surface area contributed by atoms with Crippen LogP contribution in [0.15, 0.2) is 85.1 Å². The fourth-order valence-corrected chi connectivity index (χ4v) is 5.34. The van der Waals surface area contributed by atoms with Crippen molar-refractivity contribution in [1.29, 1.82) is 0 Å². The van der Waals surface area contributed by atoms with Gasteiger partial charge in [0.2, 0.25) is 0 Å². The standard InChI is InChI=1S/C17H19N3O.C15H23N/c21-17(16-8-4-5-9-18-16)20-12-10-19(11-13-20)14-15-6-2-1-3-7-15;1-2-8-15(16-11-6-7-12-16)13-14-9-4-3-5-10-14/h1-9H,10-14H2;3-5,9-10,15H,2,6-8,11-13H2,1H3. The Morgan fingerprint density at radius 3 is 2.00 bits per heavy atom. The monoisotopic (exact) mass is 498 g/mol. The number of amides is 1. The molecule has 0 aliphatic carbocycles. The van der Waals surface area contributed by atoms with Crippen molar-refractivity contribution in [3.8, 4) is 0 Å². The van der Waals surface area contributed by atoms with Crippen LogP contribution in [0.1, 0.15) is 54.2 Å². The third kappa shape index (κ3) is 8.51. The van der Waals surface area contributed by atoms with Gasteiger partial charge in [0, 0.05) is 45.0 Å². The van der Waals surface area contributed by atoms with Crippen molar-refractivity contribution in [2.45, 2.75) is 51.6 Å². The van der Waals surface area contributed by atoms with Crippen molar-refractivity contribution in [3.63, 3.8) is 0 Å². The third-order valence-electron chi connectivity index (χ3n) is 7.39. The normalized spacial score (nSPS) is 17.2. The highest BCUT2D eigenvalue weighted by atomic mass is 16.2.